The summed E-state index contributed by atoms with van der Waals surface area (Å²) >= 11 is 0. The summed E-state index contributed by atoms with van der Waals surface area (Å²) in [5, 5.41) is 12.9. The summed E-state index contributed by atoms with van der Waals surface area (Å²) in [5.41, 5.74) is -0.744. The topological polar surface area (TPSA) is 49.3 Å². The van der Waals surface area contributed by atoms with Crippen molar-refractivity contribution < 1.29 is 9.90 Å². The zero-order valence-corrected chi connectivity index (χ0v) is 12.0. The van der Waals surface area contributed by atoms with Crippen LogP contribution < -0.4 is 5.32 Å². The van der Waals surface area contributed by atoms with Gasteiger partial charge in [-0.05, 0) is 31.6 Å². The van der Waals surface area contributed by atoms with Crippen LogP contribution in [0.5, 0.6) is 0 Å². The van der Waals surface area contributed by atoms with E-state index in [4.69, 9.17) is 0 Å². The fourth-order valence-electron chi connectivity index (χ4n) is 2.23. The lowest BCUT2D eigenvalue weighted by Crippen LogP contribution is -2.56. The van der Waals surface area contributed by atoms with E-state index in [9.17, 15) is 9.90 Å². The van der Waals surface area contributed by atoms with E-state index in [1.54, 1.807) is 0 Å². The van der Waals surface area contributed by atoms with Gasteiger partial charge in [0.05, 0.1) is 0 Å². The van der Waals surface area contributed by atoms with E-state index in [0.717, 1.165) is 19.3 Å². The first-order chi connectivity index (χ1) is 7.95. The maximum Gasteiger partial charge on any atom is 0.323 e. The molecule has 2 atom stereocenters. The van der Waals surface area contributed by atoms with Gasteiger partial charge in [-0.25, -0.2) is 0 Å². The Balaban J connectivity index is 4.87. The van der Waals surface area contributed by atoms with E-state index in [1.165, 1.54) is 0 Å². The monoisotopic (exact) mass is 243 g/mol. The molecule has 3 nitrogen and oxygen atoms in total. The Morgan fingerprint density at radius 1 is 1.18 bits per heavy atom. The fraction of sp³-hybridized carbons (Fsp3) is 0.929. The average molecular weight is 243 g/mol. The van der Waals surface area contributed by atoms with Crippen molar-refractivity contribution in [3.8, 4) is 0 Å². The third-order valence-corrected chi connectivity index (χ3v) is 3.87. The standard InChI is InChI=1S/C14H29NO2/c1-6-11(5)10-14(9-4,13(16)17)15-12(7-2)8-3/h11-12,15H,6-10H2,1-5H3,(H,16,17). The Labute approximate surface area is 106 Å². The number of rotatable bonds is 9. The minimum Gasteiger partial charge on any atom is -0.480 e. The van der Waals surface area contributed by atoms with Crippen LogP contribution in [0, 0.1) is 5.92 Å². The number of carbonyl (C=O) groups is 1. The molecule has 0 aliphatic heterocycles. The van der Waals surface area contributed by atoms with Gasteiger partial charge in [0, 0.05) is 6.04 Å². The molecule has 0 aromatic heterocycles. The molecule has 0 saturated heterocycles. The van der Waals surface area contributed by atoms with Gasteiger partial charge in [-0.3, -0.25) is 10.1 Å². The third kappa shape index (κ3) is 4.66. The molecule has 0 aromatic rings. The van der Waals surface area contributed by atoms with Crippen LogP contribution >= 0.6 is 0 Å². The summed E-state index contributed by atoms with van der Waals surface area (Å²) in [6, 6.07) is 0.301. The van der Waals surface area contributed by atoms with Crippen LogP contribution in [-0.2, 0) is 4.79 Å². The average Bonchev–Trinajstić information content (AvgIpc) is 2.33. The van der Waals surface area contributed by atoms with Crippen LogP contribution in [0.15, 0.2) is 0 Å². The second-order valence-electron chi connectivity index (χ2n) is 5.12. The number of carboxylic acids is 1. The smallest absolute Gasteiger partial charge is 0.323 e. The number of aliphatic carboxylic acids is 1. The van der Waals surface area contributed by atoms with Gasteiger partial charge in [0.25, 0.3) is 0 Å². The number of hydrogen-bond donors (Lipinski definition) is 2. The lowest BCUT2D eigenvalue weighted by molar-refractivity contribution is -0.146. The molecule has 0 amide bonds. The van der Waals surface area contributed by atoms with Crippen LogP contribution in [0.3, 0.4) is 0 Å². The minimum atomic E-state index is -0.744. The normalized spacial score (nSPS) is 16.8. The number of nitrogens with one attached hydrogen (secondary N) is 1. The quantitative estimate of drug-likeness (QED) is 0.652. The van der Waals surface area contributed by atoms with Crippen molar-refractivity contribution in [1.82, 2.24) is 5.32 Å². The second kappa shape index (κ2) is 7.70. The van der Waals surface area contributed by atoms with Gasteiger partial charge in [0.2, 0.25) is 0 Å². The highest BCUT2D eigenvalue weighted by molar-refractivity contribution is 5.78. The second-order valence-corrected chi connectivity index (χ2v) is 5.12. The van der Waals surface area contributed by atoms with Crippen molar-refractivity contribution in [3.05, 3.63) is 0 Å². The van der Waals surface area contributed by atoms with Crippen LogP contribution in [0.2, 0.25) is 0 Å². The van der Waals surface area contributed by atoms with Crippen LogP contribution in [0.1, 0.15) is 66.7 Å². The van der Waals surface area contributed by atoms with Crippen molar-refractivity contribution in [2.45, 2.75) is 78.3 Å². The maximum atomic E-state index is 11.6. The van der Waals surface area contributed by atoms with Gasteiger partial charge in [0.15, 0.2) is 0 Å². The molecule has 0 spiro atoms. The minimum absolute atomic E-state index is 0.301. The third-order valence-electron chi connectivity index (χ3n) is 3.87. The van der Waals surface area contributed by atoms with Gasteiger partial charge in [-0.15, -0.1) is 0 Å². The highest BCUT2D eigenvalue weighted by Crippen LogP contribution is 2.25. The van der Waals surface area contributed by atoms with E-state index in [-0.39, 0.29) is 0 Å². The van der Waals surface area contributed by atoms with Gasteiger partial charge < -0.3 is 5.11 Å². The Morgan fingerprint density at radius 3 is 2.00 bits per heavy atom. The predicted molar refractivity (Wildman–Crippen MR) is 72.2 cm³/mol. The molecule has 0 bridgehead atoms. The summed E-state index contributed by atoms with van der Waals surface area (Å²) in [4.78, 5) is 11.6. The predicted octanol–water partition coefficient (Wildman–Crippen LogP) is 3.43. The molecule has 3 heteroatoms. The molecule has 0 aliphatic rings. The molecule has 0 heterocycles. The first-order valence-electron chi connectivity index (χ1n) is 6.96. The molecule has 0 saturated carbocycles. The molecule has 17 heavy (non-hydrogen) atoms. The van der Waals surface area contributed by atoms with E-state index in [2.05, 4.69) is 33.0 Å². The Kier molecular flexibility index (Phi) is 7.44. The lowest BCUT2D eigenvalue weighted by atomic mass is 9.83. The van der Waals surface area contributed by atoms with E-state index >= 15 is 0 Å². The summed E-state index contributed by atoms with van der Waals surface area (Å²) in [6.45, 7) is 10.4. The Morgan fingerprint density at radius 2 is 1.71 bits per heavy atom. The zero-order valence-electron chi connectivity index (χ0n) is 12.0. The van der Waals surface area contributed by atoms with Gasteiger partial charge in [-0.1, -0.05) is 41.0 Å². The summed E-state index contributed by atoms with van der Waals surface area (Å²) in [7, 11) is 0. The van der Waals surface area contributed by atoms with Crippen LogP contribution in [-0.4, -0.2) is 22.7 Å². The molecule has 2 N–H and O–H groups in total. The molecule has 0 radical (unpaired) electrons. The highest BCUT2D eigenvalue weighted by Gasteiger charge is 2.38. The van der Waals surface area contributed by atoms with Gasteiger partial charge in [-0.2, -0.15) is 0 Å². The summed E-state index contributed by atoms with van der Waals surface area (Å²) < 4.78 is 0. The first kappa shape index (κ1) is 16.4. The zero-order chi connectivity index (χ0) is 13.5. The molecule has 102 valence electrons. The van der Waals surface area contributed by atoms with Gasteiger partial charge in [0.1, 0.15) is 5.54 Å². The molecular weight excluding hydrogens is 214 g/mol. The number of carboxylic acid groups (broad SMARTS) is 1. The van der Waals surface area contributed by atoms with Crippen molar-refractivity contribution in [2.24, 2.45) is 5.92 Å². The first-order valence-corrected chi connectivity index (χ1v) is 6.96. The Hall–Kier alpha value is -0.570. The molecule has 0 fully saturated rings. The van der Waals surface area contributed by atoms with E-state index in [1.807, 2.05) is 6.92 Å². The van der Waals surface area contributed by atoms with Crippen molar-refractivity contribution in [1.29, 1.82) is 0 Å². The SMILES string of the molecule is CCC(C)CC(CC)(NC(CC)CC)C(=O)O. The van der Waals surface area contributed by atoms with Crippen molar-refractivity contribution in [3.63, 3.8) is 0 Å². The molecular formula is C14H29NO2. The lowest BCUT2D eigenvalue weighted by Gasteiger charge is -2.35. The van der Waals surface area contributed by atoms with Crippen molar-refractivity contribution in [2.75, 3.05) is 0 Å². The maximum absolute atomic E-state index is 11.6. The molecule has 2 unspecified atom stereocenters. The van der Waals surface area contributed by atoms with E-state index in [0.29, 0.717) is 24.8 Å². The Bertz CT molecular complexity index is 226. The van der Waals surface area contributed by atoms with Gasteiger partial charge >= 0.3 is 5.97 Å². The van der Waals surface area contributed by atoms with Crippen LogP contribution in [0.4, 0.5) is 0 Å². The molecule has 0 aromatic carbocycles. The van der Waals surface area contributed by atoms with Crippen LogP contribution in [0.25, 0.3) is 0 Å². The molecule has 0 aliphatic carbocycles. The molecule has 0 rings (SSSR count). The summed E-state index contributed by atoms with van der Waals surface area (Å²) in [6.07, 6.45) is 4.34. The fourth-order valence-corrected chi connectivity index (χ4v) is 2.23. The van der Waals surface area contributed by atoms with E-state index < -0.39 is 11.5 Å². The summed E-state index contributed by atoms with van der Waals surface area (Å²) in [5.74, 6) is -0.264. The number of hydrogen-bond acceptors (Lipinski definition) is 2. The van der Waals surface area contributed by atoms with Crippen molar-refractivity contribution >= 4 is 5.97 Å². The highest BCUT2D eigenvalue weighted by atomic mass is 16.4. The largest absolute Gasteiger partial charge is 0.480 e.